The average molecular weight is 489 g/mol. The van der Waals surface area contributed by atoms with Gasteiger partial charge >= 0.3 is 41.8 Å². The molecule has 0 bridgehead atoms. The van der Waals surface area contributed by atoms with Crippen molar-refractivity contribution in [3.63, 3.8) is 0 Å². The number of benzene rings is 1. The van der Waals surface area contributed by atoms with Crippen molar-refractivity contribution in [2.45, 2.75) is 25.3 Å². The fourth-order valence-electron chi connectivity index (χ4n) is 1.26. The lowest BCUT2D eigenvalue weighted by molar-refractivity contribution is -0.147. The molecule has 0 aliphatic rings. The number of carbonyl (C=O) groups is 7. The first-order valence-corrected chi connectivity index (χ1v) is 8.66. The van der Waals surface area contributed by atoms with Crippen LogP contribution in [-0.2, 0) is 28.8 Å². The van der Waals surface area contributed by atoms with Gasteiger partial charge < -0.3 is 41.5 Å². The predicted octanol–water partition coefficient (Wildman–Crippen LogP) is -0.0946. The van der Waals surface area contributed by atoms with E-state index in [1.165, 1.54) is 0 Å². The van der Waals surface area contributed by atoms with Gasteiger partial charge in [0.1, 0.15) is 12.5 Å². The van der Waals surface area contributed by atoms with Crippen LogP contribution in [0.15, 0.2) is 42.5 Å². The van der Waals surface area contributed by atoms with Gasteiger partial charge in [0.2, 0.25) is 0 Å². The summed E-state index contributed by atoms with van der Waals surface area (Å²) in [5.74, 6) is -8.21. The SMILES string of the molecule is N[C@@H](CCC(=O)O)C(=O)O.O=C(O)/C=C/C(=O)O.O=C(O)CC(=O)O.O=C(O)c1ccccc1. The third-order valence-corrected chi connectivity index (χ3v) is 2.68. The van der Waals surface area contributed by atoms with Gasteiger partial charge in [-0.3, -0.25) is 19.2 Å². The van der Waals surface area contributed by atoms with Gasteiger partial charge in [0.15, 0.2) is 0 Å². The van der Waals surface area contributed by atoms with E-state index in [4.69, 9.17) is 41.5 Å². The monoisotopic (exact) mass is 489 g/mol. The average Bonchev–Trinajstić information content (AvgIpc) is 2.71. The molecule has 1 atom stereocenters. The lowest BCUT2D eigenvalue weighted by atomic mass is 10.2. The molecule has 1 aromatic rings. The van der Waals surface area contributed by atoms with Gasteiger partial charge in [-0.2, -0.15) is 0 Å². The second-order valence-electron chi connectivity index (χ2n) is 5.52. The first-order valence-electron chi connectivity index (χ1n) is 8.66. The van der Waals surface area contributed by atoms with Crippen LogP contribution in [0.3, 0.4) is 0 Å². The number of rotatable bonds is 9. The Kier molecular flexibility index (Phi) is 20.0. The van der Waals surface area contributed by atoms with Crippen molar-refractivity contribution in [1.82, 2.24) is 0 Å². The molecular formula is C19H23NO14. The minimum Gasteiger partial charge on any atom is -0.481 e. The second-order valence-corrected chi connectivity index (χ2v) is 5.52. The Morgan fingerprint density at radius 2 is 1.12 bits per heavy atom. The maximum Gasteiger partial charge on any atom is 0.335 e. The molecule has 34 heavy (non-hydrogen) atoms. The molecule has 0 radical (unpaired) electrons. The highest BCUT2D eigenvalue weighted by Gasteiger charge is 2.12. The van der Waals surface area contributed by atoms with Crippen LogP contribution >= 0.6 is 0 Å². The summed E-state index contributed by atoms with van der Waals surface area (Å²) in [6.45, 7) is 0. The van der Waals surface area contributed by atoms with Crippen LogP contribution in [0.4, 0.5) is 0 Å². The van der Waals surface area contributed by atoms with Gasteiger partial charge in [-0.25, -0.2) is 14.4 Å². The molecule has 0 unspecified atom stereocenters. The van der Waals surface area contributed by atoms with Crippen LogP contribution in [-0.4, -0.2) is 83.6 Å². The summed E-state index contributed by atoms with van der Waals surface area (Å²) < 4.78 is 0. The lowest BCUT2D eigenvalue weighted by Crippen LogP contribution is -2.30. The highest BCUT2D eigenvalue weighted by Crippen LogP contribution is 1.96. The Balaban J connectivity index is -0.000000380. The number of hydrogen-bond acceptors (Lipinski definition) is 8. The van der Waals surface area contributed by atoms with Gasteiger partial charge in [0, 0.05) is 18.6 Å². The van der Waals surface area contributed by atoms with Gasteiger partial charge in [-0.15, -0.1) is 0 Å². The zero-order valence-corrected chi connectivity index (χ0v) is 17.3. The quantitative estimate of drug-likeness (QED) is 0.166. The van der Waals surface area contributed by atoms with Crippen LogP contribution in [0.2, 0.25) is 0 Å². The number of aromatic carboxylic acids is 1. The molecule has 0 fully saturated rings. The molecule has 0 aliphatic carbocycles. The van der Waals surface area contributed by atoms with Crippen molar-refractivity contribution in [2.24, 2.45) is 5.73 Å². The number of carboxylic acid groups (broad SMARTS) is 7. The molecule has 0 saturated carbocycles. The van der Waals surface area contributed by atoms with E-state index in [1.807, 2.05) is 0 Å². The first kappa shape index (κ1) is 33.8. The summed E-state index contributed by atoms with van der Waals surface area (Å²) in [5, 5.41) is 55.7. The molecule has 9 N–H and O–H groups in total. The maximum atomic E-state index is 10.2. The standard InChI is InChI=1S/C7H6O2.C5H9NO4.C4H4O4.C3H4O4/c8-7(9)6-4-2-1-3-5-6;6-3(5(9)10)1-2-4(7)8;5-3(6)1-2-4(7)8;4-2(5)1-3(6)7/h1-5H,(H,8,9);3H,1-2,6H2,(H,7,8)(H,9,10);1-2H,(H,5,6)(H,7,8);1H2,(H,4,5)(H,6,7)/b;;2-1+;/t;3-;;/m.0../s1. The minimum absolute atomic E-state index is 0.0231. The Bertz CT molecular complexity index is 835. The molecular weight excluding hydrogens is 466 g/mol. The van der Waals surface area contributed by atoms with E-state index in [0.29, 0.717) is 17.7 Å². The highest BCUT2D eigenvalue weighted by atomic mass is 16.4. The number of nitrogens with two attached hydrogens (primary N) is 1. The number of hydrogen-bond donors (Lipinski definition) is 8. The van der Waals surface area contributed by atoms with Gasteiger partial charge in [0.05, 0.1) is 5.56 Å². The molecule has 15 heteroatoms. The molecule has 0 spiro atoms. The molecule has 0 amide bonds. The van der Waals surface area contributed by atoms with Crippen LogP contribution in [0.5, 0.6) is 0 Å². The van der Waals surface area contributed by atoms with E-state index in [9.17, 15) is 33.6 Å². The van der Waals surface area contributed by atoms with Crippen molar-refractivity contribution in [3.05, 3.63) is 48.0 Å². The van der Waals surface area contributed by atoms with Crippen molar-refractivity contribution in [3.8, 4) is 0 Å². The second kappa shape index (κ2) is 20.1. The number of aliphatic carboxylic acids is 6. The summed E-state index contributed by atoms with van der Waals surface area (Å²) >= 11 is 0. The molecule has 0 heterocycles. The Labute approximate surface area is 191 Å². The van der Waals surface area contributed by atoms with E-state index in [2.05, 4.69) is 0 Å². The van der Waals surface area contributed by atoms with Crippen LogP contribution in [0.25, 0.3) is 0 Å². The summed E-state index contributed by atoms with van der Waals surface area (Å²) in [6.07, 6.45) is 0.0861. The highest BCUT2D eigenvalue weighted by molar-refractivity contribution is 5.90. The third-order valence-electron chi connectivity index (χ3n) is 2.68. The Morgan fingerprint density at radius 1 is 0.706 bits per heavy atom. The Morgan fingerprint density at radius 3 is 1.32 bits per heavy atom. The zero-order chi connectivity index (χ0) is 27.3. The molecule has 15 nitrogen and oxygen atoms in total. The molecule has 0 aromatic heterocycles. The Hall–Kier alpha value is -4.79. The molecule has 0 aliphatic heterocycles. The van der Waals surface area contributed by atoms with Crippen molar-refractivity contribution in [2.75, 3.05) is 0 Å². The van der Waals surface area contributed by atoms with Crippen molar-refractivity contribution >= 4 is 41.8 Å². The van der Waals surface area contributed by atoms with Crippen molar-refractivity contribution < 1.29 is 69.3 Å². The molecule has 0 saturated heterocycles. The maximum absolute atomic E-state index is 10.2. The number of carboxylic acids is 7. The van der Waals surface area contributed by atoms with Crippen LogP contribution < -0.4 is 5.73 Å². The zero-order valence-electron chi connectivity index (χ0n) is 17.3. The fourth-order valence-corrected chi connectivity index (χ4v) is 1.26. The van der Waals surface area contributed by atoms with E-state index in [0.717, 1.165) is 0 Å². The summed E-state index contributed by atoms with van der Waals surface area (Å²) in [7, 11) is 0. The van der Waals surface area contributed by atoms with Gasteiger partial charge in [0.25, 0.3) is 0 Å². The van der Waals surface area contributed by atoms with E-state index >= 15 is 0 Å². The van der Waals surface area contributed by atoms with E-state index < -0.39 is 54.2 Å². The summed E-state index contributed by atoms with van der Waals surface area (Å²) in [5.41, 5.74) is 5.33. The van der Waals surface area contributed by atoms with Gasteiger partial charge in [-0.05, 0) is 18.6 Å². The van der Waals surface area contributed by atoms with E-state index in [1.54, 1.807) is 30.3 Å². The minimum atomic E-state index is -1.31. The predicted molar refractivity (Wildman–Crippen MR) is 110 cm³/mol. The van der Waals surface area contributed by atoms with Crippen LogP contribution in [0.1, 0.15) is 29.6 Å². The fraction of sp³-hybridized carbons (Fsp3) is 0.211. The smallest absolute Gasteiger partial charge is 0.335 e. The first-order chi connectivity index (χ1) is 15.6. The van der Waals surface area contributed by atoms with Crippen LogP contribution in [0, 0.1) is 0 Å². The molecule has 1 rings (SSSR count). The van der Waals surface area contributed by atoms with E-state index in [-0.39, 0.29) is 12.8 Å². The normalized spacial score (nSPS) is 9.91. The summed E-state index contributed by atoms with van der Waals surface area (Å²) in [4.78, 5) is 68.0. The topological polar surface area (TPSA) is 287 Å². The third kappa shape index (κ3) is 29.4. The molecule has 1 aromatic carbocycles. The summed E-state index contributed by atoms with van der Waals surface area (Å²) in [6, 6.07) is 7.24. The lowest BCUT2D eigenvalue weighted by Gasteiger charge is -2.01. The largest absolute Gasteiger partial charge is 0.481 e. The van der Waals surface area contributed by atoms with Gasteiger partial charge in [-0.1, -0.05) is 18.2 Å². The molecule has 188 valence electrons. The van der Waals surface area contributed by atoms with Crippen molar-refractivity contribution in [1.29, 1.82) is 0 Å².